The maximum Gasteiger partial charge on any atom is 0.287 e. The second-order valence-electron chi connectivity index (χ2n) is 7.32. The Morgan fingerprint density at radius 1 is 1.31 bits per heavy atom. The third-order valence-electron chi connectivity index (χ3n) is 5.52. The summed E-state index contributed by atoms with van der Waals surface area (Å²) in [6.07, 6.45) is 3.23. The molecular formula is C21H26N2O3. The third-order valence-corrected chi connectivity index (χ3v) is 5.52. The van der Waals surface area contributed by atoms with Gasteiger partial charge < -0.3 is 14.8 Å². The summed E-state index contributed by atoms with van der Waals surface area (Å²) in [4.78, 5) is 15.2. The number of carbonyl (C=O) groups excluding carboxylic acids is 1. The van der Waals surface area contributed by atoms with Gasteiger partial charge in [0.15, 0.2) is 5.76 Å². The molecule has 0 saturated carbocycles. The Morgan fingerprint density at radius 2 is 2.08 bits per heavy atom. The van der Waals surface area contributed by atoms with E-state index in [2.05, 4.69) is 10.2 Å². The first-order chi connectivity index (χ1) is 12.7. The highest BCUT2D eigenvalue weighted by molar-refractivity contribution is 5.92. The minimum Gasteiger partial charge on any atom is -0.456 e. The van der Waals surface area contributed by atoms with Crippen molar-refractivity contribution in [2.75, 3.05) is 13.1 Å². The number of nitrogens with zero attached hydrogens (tertiary/aromatic N) is 1. The number of aliphatic hydroxyl groups excluding tert-OH is 1. The molecule has 0 bridgehead atoms. The molecule has 1 aliphatic heterocycles. The molecule has 1 aromatic carbocycles. The number of carbonyl (C=O) groups is 1. The Morgan fingerprint density at radius 3 is 2.85 bits per heavy atom. The van der Waals surface area contributed by atoms with Crippen LogP contribution in [0.25, 0.3) is 0 Å². The molecule has 0 radical (unpaired) electrons. The van der Waals surface area contributed by atoms with Gasteiger partial charge in [0, 0.05) is 24.9 Å². The number of aryl methyl sites for hydroxylation is 1. The van der Waals surface area contributed by atoms with Crippen LogP contribution in [0.4, 0.5) is 0 Å². The number of likely N-dealkylation sites (tertiary alicyclic amines) is 1. The highest BCUT2D eigenvalue weighted by Gasteiger charge is 2.33. The molecule has 2 N–H and O–H groups in total. The fraction of sp³-hybridized carbons (Fsp3) is 0.476. The predicted molar refractivity (Wildman–Crippen MR) is 99.0 cm³/mol. The van der Waals surface area contributed by atoms with Gasteiger partial charge in [-0.05, 0) is 43.1 Å². The zero-order valence-electron chi connectivity index (χ0n) is 15.2. The number of furan rings is 1. The molecule has 5 heteroatoms. The molecule has 138 valence electrons. The summed E-state index contributed by atoms with van der Waals surface area (Å²) in [7, 11) is 0. The maximum absolute atomic E-state index is 12.7. The molecule has 1 amide bonds. The summed E-state index contributed by atoms with van der Waals surface area (Å²) in [5.41, 5.74) is 3.19. The number of aliphatic hydroxyl groups is 1. The van der Waals surface area contributed by atoms with Gasteiger partial charge in [0.25, 0.3) is 5.91 Å². The topological polar surface area (TPSA) is 65.7 Å². The van der Waals surface area contributed by atoms with Gasteiger partial charge in [-0.25, -0.2) is 0 Å². The number of hydrogen-bond donors (Lipinski definition) is 2. The van der Waals surface area contributed by atoms with E-state index in [4.69, 9.17) is 4.42 Å². The van der Waals surface area contributed by atoms with Crippen LogP contribution < -0.4 is 5.32 Å². The number of hydrogen-bond acceptors (Lipinski definition) is 4. The molecule has 0 unspecified atom stereocenters. The minimum atomic E-state index is -0.596. The van der Waals surface area contributed by atoms with Crippen molar-refractivity contribution in [3.8, 4) is 0 Å². The lowest BCUT2D eigenvalue weighted by atomic mass is 10.1. The summed E-state index contributed by atoms with van der Waals surface area (Å²) < 4.78 is 5.85. The normalized spacial score (nSPS) is 22.5. The van der Waals surface area contributed by atoms with E-state index in [0.29, 0.717) is 12.2 Å². The fourth-order valence-electron chi connectivity index (χ4n) is 4.15. The van der Waals surface area contributed by atoms with Crippen molar-refractivity contribution in [2.45, 2.75) is 51.3 Å². The van der Waals surface area contributed by atoms with Crippen LogP contribution in [-0.2, 0) is 19.4 Å². The highest BCUT2D eigenvalue weighted by atomic mass is 16.4. The van der Waals surface area contributed by atoms with Gasteiger partial charge in [-0.1, -0.05) is 31.2 Å². The van der Waals surface area contributed by atoms with Crippen molar-refractivity contribution < 1.29 is 14.3 Å². The Kier molecular flexibility index (Phi) is 4.83. The van der Waals surface area contributed by atoms with Crippen LogP contribution in [-0.4, -0.2) is 35.1 Å². The van der Waals surface area contributed by atoms with Crippen LogP contribution >= 0.6 is 0 Å². The van der Waals surface area contributed by atoms with Crippen LogP contribution in [0.5, 0.6) is 0 Å². The van der Waals surface area contributed by atoms with Crippen molar-refractivity contribution >= 4 is 5.91 Å². The van der Waals surface area contributed by atoms with Gasteiger partial charge in [0.05, 0.1) is 12.1 Å². The largest absolute Gasteiger partial charge is 0.456 e. The molecular weight excluding hydrogens is 328 g/mol. The Hall–Kier alpha value is -2.11. The molecule has 2 heterocycles. The number of benzene rings is 1. The van der Waals surface area contributed by atoms with Crippen molar-refractivity contribution in [3.05, 3.63) is 58.5 Å². The summed E-state index contributed by atoms with van der Waals surface area (Å²) in [6.45, 7) is 5.11. The SMILES string of the molecule is CCc1oc(C(=O)N[C@@H]2c3ccccc3C[C@@H]2O)cc1CN1CCCC1. The summed E-state index contributed by atoms with van der Waals surface area (Å²) in [5, 5.41) is 13.3. The Balaban J connectivity index is 1.50. The van der Waals surface area contributed by atoms with E-state index in [1.165, 1.54) is 12.8 Å². The van der Waals surface area contributed by atoms with E-state index in [1.807, 2.05) is 37.3 Å². The van der Waals surface area contributed by atoms with Gasteiger partial charge >= 0.3 is 0 Å². The maximum atomic E-state index is 12.7. The van der Waals surface area contributed by atoms with E-state index in [1.54, 1.807) is 0 Å². The van der Waals surface area contributed by atoms with Crippen LogP contribution in [0.2, 0.25) is 0 Å². The first kappa shape index (κ1) is 17.3. The number of nitrogens with one attached hydrogen (secondary N) is 1. The molecule has 2 aliphatic rings. The van der Waals surface area contributed by atoms with Gasteiger partial charge in [0.1, 0.15) is 5.76 Å². The van der Waals surface area contributed by atoms with E-state index >= 15 is 0 Å². The summed E-state index contributed by atoms with van der Waals surface area (Å²) in [6, 6.07) is 9.36. The average Bonchev–Trinajstić information content (AvgIpc) is 3.35. The fourth-order valence-corrected chi connectivity index (χ4v) is 4.15. The van der Waals surface area contributed by atoms with Crippen LogP contribution in [0.3, 0.4) is 0 Å². The van der Waals surface area contributed by atoms with E-state index in [-0.39, 0.29) is 11.9 Å². The van der Waals surface area contributed by atoms with Crippen LogP contribution in [0.15, 0.2) is 34.7 Å². The Labute approximate surface area is 154 Å². The average molecular weight is 354 g/mol. The zero-order valence-corrected chi connectivity index (χ0v) is 15.2. The van der Waals surface area contributed by atoms with Crippen molar-refractivity contribution in [3.63, 3.8) is 0 Å². The summed E-state index contributed by atoms with van der Waals surface area (Å²) in [5.74, 6) is 0.968. The van der Waals surface area contributed by atoms with Gasteiger partial charge in [-0.15, -0.1) is 0 Å². The summed E-state index contributed by atoms with van der Waals surface area (Å²) >= 11 is 0. The Bertz CT molecular complexity index is 792. The second kappa shape index (κ2) is 7.25. The molecule has 2 aromatic rings. The molecule has 5 nitrogen and oxygen atoms in total. The van der Waals surface area contributed by atoms with Gasteiger partial charge in [-0.3, -0.25) is 9.69 Å². The zero-order chi connectivity index (χ0) is 18.1. The van der Waals surface area contributed by atoms with E-state index in [9.17, 15) is 9.90 Å². The quantitative estimate of drug-likeness (QED) is 0.867. The van der Waals surface area contributed by atoms with Crippen LogP contribution in [0, 0.1) is 0 Å². The smallest absolute Gasteiger partial charge is 0.287 e. The number of rotatable bonds is 5. The monoisotopic (exact) mass is 354 g/mol. The third kappa shape index (κ3) is 3.29. The molecule has 2 atom stereocenters. The van der Waals surface area contributed by atoms with E-state index < -0.39 is 6.10 Å². The minimum absolute atomic E-state index is 0.256. The number of fused-ring (bicyclic) bond motifs is 1. The highest BCUT2D eigenvalue weighted by Crippen LogP contribution is 2.31. The lowest BCUT2D eigenvalue weighted by Gasteiger charge is -2.17. The molecule has 1 aliphatic carbocycles. The number of amides is 1. The molecule has 26 heavy (non-hydrogen) atoms. The lowest BCUT2D eigenvalue weighted by Crippen LogP contribution is -2.33. The molecule has 1 saturated heterocycles. The lowest BCUT2D eigenvalue weighted by molar-refractivity contribution is 0.0830. The molecule has 4 rings (SSSR count). The van der Waals surface area contributed by atoms with Crippen molar-refractivity contribution in [1.29, 1.82) is 0 Å². The first-order valence-electron chi connectivity index (χ1n) is 9.56. The van der Waals surface area contributed by atoms with Gasteiger partial charge in [-0.2, -0.15) is 0 Å². The molecule has 1 aromatic heterocycles. The van der Waals surface area contributed by atoms with Crippen LogP contribution in [0.1, 0.15) is 58.8 Å². The van der Waals surface area contributed by atoms with Gasteiger partial charge in [0.2, 0.25) is 0 Å². The molecule has 1 fully saturated rings. The standard InChI is InChI=1S/C21H26N2O3/c1-2-18-15(13-23-9-5-6-10-23)12-19(26-18)21(25)22-20-16-8-4-3-7-14(16)11-17(20)24/h3-4,7-8,12,17,20,24H,2,5-6,9-11,13H2,1H3,(H,22,25)/t17-,20+/m0/s1. The first-order valence-corrected chi connectivity index (χ1v) is 9.56. The van der Waals surface area contributed by atoms with E-state index in [0.717, 1.165) is 48.5 Å². The second-order valence-corrected chi connectivity index (χ2v) is 7.32. The molecule has 0 spiro atoms. The van der Waals surface area contributed by atoms with Crippen molar-refractivity contribution in [1.82, 2.24) is 10.2 Å². The predicted octanol–water partition coefficient (Wildman–Crippen LogP) is 2.83. The van der Waals surface area contributed by atoms with Crippen molar-refractivity contribution in [2.24, 2.45) is 0 Å².